The largest absolute Gasteiger partial charge is 0.362 e. The number of nitrogens with one attached hydrogen (secondary N) is 1. The molecule has 1 aliphatic heterocycles. The van der Waals surface area contributed by atoms with E-state index in [1.807, 2.05) is 6.92 Å². The van der Waals surface area contributed by atoms with E-state index in [1.165, 1.54) is 12.1 Å². The first-order valence-electron chi connectivity index (χ1n) is 6.76. The van der Waals surface area contributed by atoms with Crippen molar-refractivity contribution in [2.45, 2.75) is 25.8 Å². The Morgan fingerprint density at radius 3 is 2.36 bits per heavy atom. The molecule has 118 valence electrons. The van der Waals surface area contributed by atoms with Gasteiger partial charge in [0.25, 0.3) is 11.8 Å². The van der Waals surface area contributed by atoms with Crippen molar-refractivity contribution < 1.29 is 23.6 Å². The summed E-state index contributed by atoms with van der Waals surface area (Å²) in [6.07, 6.45) is 2.22. The van der Waals surface area contributed by atoms with Gasteiger partial charge in [0.2, 0.25) is 6.41 Å². The first kappa shape index (κ1) is 17.5. The van der Waals surface area contributed by atoms with Gasteiger partial charge in [-0.05, 0) is 18.6 Å². The Labute approximate surface area is 127 Å². The lowest BCUT2D eigenvalue weighted by atomic mass is 10.1. The van der Waals surface area contributed by atoms with Crippen LogP contribution in [0.25, 0.3) is 0 Å². The summed E-state index contributed by atoms with van der Waals surface area (Å²) in [5.74, 6) is -2.05. The highest BCUT2D eigenvalue weighted by atomic mass is 19.1. The maximum atomic E-state index is 13.6. The van der Waals surface area contributed by atoms with Crippen LogP contribution in [0.5, 0.6) is 0 Å². The molecule has 0 saturated carbocycles. The molecular weight excluding hydrogens is 291 g/mol. The van der Waals surface area contributed by atoms with Gasteiger partial charge in [-0.3, -0.25) is 19.3 Å². The fourth-order valence-electron chi connectivity index (χ4n) is 2.12. The molecule has 0 bridgehead atoms. The van der Waals surface area contributed by atoms with Crippen molar-refractivity contribution in [3.8, 4) is 0 Å². The van der Waals surface area contributed by atoms with Crippen molar-refractivity contribution in [1.29, 1.82) is 0 Å². The van der Waals surface area contributed by atoms with Crippen LogP contribution in [-0.4, -0.2) is 42.5 Å². The third-order valence-corrected chi connectivity index (χ3v) is 3.09. The molecule has 0 saturated heterocycles. The van der Waals surface area contributed by atoms with Crippen molar-refractivity contribution in [3.05, 3.63) is 35.1 Å². The average Bonchev–Trinajstić information content (AvgIpc) is 2.78. The summed E-state index contributed by atoms with van der Waals surface area (Å²) in [4.78, 5) is 44.9. The molecule has 0 aromatic heterocycles. The molecule has 1 unspecified atom stereocenters. The lowest BCUT2D eigenvalue weighted by molar-refractivity contribution is -0.111. The van der Waals surface area contributed by atoms with Gasteiger partial charge in [0.05, 0.1) is 17.2 Å². The first-order valence-corrected chi connectivity index (χ1v) is 6.76. The van der Waals surface area contributed by atoms with Crippen LogP contribution >= 0.6 is 0 Å². The molecule has 1 aromatic rings. The van der Waals surface area contributed by atoms with Crippen LogP contribution < -0.4 is 5.32 Å². The van der Waals surface area contributed by atoms with Crippen molar-refractivity contribution in [2.24, 2.45) is 0 Å². The summed E-state index contributed by atoms with van der Waals surface area (Å²) in [6.45, 7) is 1.84. The molecule has 6 nitrogen and oxygen atoms in total. The molecule has 3 amide bonds. The molecule has 0 radical (unpaired) electrons. The zero-order chi connectivity index (χ0) is 16.7. The number of carbonyl (C=O) groups excluding carboxylic acids is 4. The second-order valence-corrected chi connectivity index (χ2v) is 4.54. The summed E-state index contributed by atoms with van der Waals surface area (Å²) in [7, 11) is 1.56. The smallest absolute Gasteiger partial charge is 0.265 e. The van der Waals surface area contributed by atoms with Gasteiger partial charge in [-0.1, -0.05) is 19.4 Å². The van der Waals surface area contributed by atoms with Gasteiger partial charge < -0.3 is 10.1 Å². The molecule has 22 heavy (non-hydrogen) atoms. The van der Waals surface area contributed by atoms with E-state index >= 15 is 0 Å². The predicted molar refractivity (Wildman–Crippen MR) is 76.8 cm³/mol. The number of fused-ring (bicyclic) bond motifs is 1. The molecule has 1 aliphatic rings. The van der Waals surface area contributed by atoms with Gasteiger partial charge in [-0.25, -0.2) is 4.39 Å². The van der Waals surface area contributed by atoms with Gasteiger partial charge in [0.1, 0.15) is 12.1 Å². The van der Waals surface area contributed by atoms with E-state index in [-0.39, 0.29) is 11.1 Å². The number of aldehydes is 1. The quantitative estimate of drug-likeness (QED) is 0.653. The molecule has 1 N–H and O–H groups in total. The number of nitrogens with zero attached hydrogens (tertiary/aromatic N) is 1. The lowest BCUT2D eigenvalue weighted by Crippen LogP contribution is -2.40. The van der Waals surface area contributed by atoms with E-state index in [9.17, 15) is 18.8 Å². The molecule has 7 heteroatoms. The Morgan fingerprint density at radius 2 is 1.91 bits per heavy atom. The van der Waals surface area contributed by atoms with Gasteiger partial charge >= 0.3 is 0 Å². The Morgan fingerprint density at radius 1 is 1.27 bits per heavy atom. The monoisotopic (exact) mass is 308 g/mol. The van der Waals surface area contributed by atoms with Gasteiger partial charge in [-0.2, -0.15) is 0 Å². The highest BCUT2D eigenvalue weighted by Gasteiger charge is 2.41. The second-order valence-electron chi connectivity index (χ2n) is 4.54. The number of carbonyl (C=O) groups is 4. The molecular formula is C15H17FN2O4. The topological polar surface area (TPSA) is 83.6 Å². The van der Waals surface area contributed by atoms with Crippen molar-refractivity contribution >= 4 is 24.5 Å². The minimum absolute atomic E-state index is 0.0305. The minimum atomic E-state index is -0.818. The Hall–Kier alpha value is -2.57. The number of halogens is 1. The van der Waals surface area contributed by atoms with Crippen molar-refractivity contribution in [1.82, 2.24) is 10.2 Å². The summed E-state index contributed by atoms with van der Waals surface area (Å²) < 4.78 is 13.6. The first-order chi connectivity index (χ1) is 10.5. The van der Waals surface area contributed by atoms with E-state index < -0.39 is 23.7 Å². The fraction of sp³-hybridized carbons (Fsp3) is 0.333. The minimum Gasteiger partial charge on any atom is -0.362 e. The van der Waals surface area contributed by atoms with Crippen LogP contribution in [0, 0.1) is 5.82 Å². The van der Waals surface area contributed by atoms with Crippen molar-refractivity contribution in [3.63, 3.8) is 0 Å². The summed E-state index contributed by atoms with van der Waals surface area (Å²) >= 11 is 0. The molecule has 0 fully saturated rings. The van der Waals surface area contributed by atoms with Crippen LogP contribution in [-0.2, 0) is 9.59 Å². The van der Waals surface area contributed by atoms with E-state index in [2.05, 4.69) is 5.32 Å². The summed E-state index contributed by atoms with van der Waals surface area (Å²) in [6, 6.07) is 3.08. The van der Waals surface area contributed by atoms with Crippen LogP contribution in [0.3, 0.4) is 0 Å². The zero-order valence-corrected chi connectivity index (χ0v) is 12.3. The standard InChI is InChI=1S/C13H12FNO3.C2H5NO/c1-2-4-8(7-16)15-12(17)9-5-3-6-10(14)11(9)13(15)18;1-3-2-4/h3,5-8H,2,4H2,1H3;2H,1H3,(H,3,4). The number of rotatable bonds is 5. The van der Waals surface area contributed by atoms with Crippen LogP contribution in [0.4, 0.5) is 4.39 Å². The Balaban J connectivity index is 0.000000541. The highest BCUT2D eigenvalue weighted by Crippen LogP contribution is 2.27. The van der Waals surface area contributed by atoms with E-state index in [0.29, 0.717) is 25.5 Å². The number of hydrogen-bond donors (Lipinski definition) is 1. The number of benzene rings is 1. The maximum Gasteiger partial charge on any atom is 0.265 e. The number of imide groups is 1. The van der Waals surface area contributed by atoms with E-state index in [4.69, 9.17) is 4.79 Å². The predicted octanol–water partition coefficient (Wildman–Crippen LogP) is 1.15. The molecule has 1 aromatic carbocycles. The van der Waals surface area contributed by atoms with Gasteiger partial charge in [-0.15, -0.1) is 0 Å². The molecule has 0 spiro atoms. The maximum absolute atomic E-state index is 13.6. The molecule has 0 aliphatic carbocycles. The normalized spacial score (nSPS) is 13.9. The van der Waals surface area contributed by atoms with Crippen LogP contribution in [0.1, 0.15) is 40.5 Å². The Bertz CT molecular complexity index is 589. The molecule has 1 atom stereocenters. The number of amides is 3. The number of hydrogen-bond acceptors (Lipinski definition) is 4. The lowest BCUT2D eigenvalue weighted by Gasteiger charge is -2.20. The van der Waals surface area contributed by atoms with E-state index in [1.54, 1.807) is 7.05 Å². The zero-order valence-electron chi connectivity index (χ0n) is 12.3. The Kier molecular flexibility index (Phi) is 6.37. The average molecular weight is 308 g/mol. The second kappa shape index (κ2) is 8.02. The van der Waals surface area contributed by atoms with Gasteiger partial charge in [0.15, 0.2) is 0 Å². The summed E-state index contributed by atoms with van der Waals surface area (Å²) in [5, 5.41) is 2.25. The van der Waals surface area contributed by atoms with Crippen molar-refractivity contribution in [2.75, 3.05) is 7.05 Å². The fourth-order valence-corrected chi connectivity index (χ4v) is 2.12. The molecule has 2 rings (SSSR count). The molecule has 1 heterocycles. The third-order valence-electron chi connectivity index (χ3n) is 3.09. The van der Waals surface area contributed by atoms with E-state index in [0.717, 1.165) is 11.0 Å². The highest BCUT2D eigenvalue weighted by molar-refractivity contribution is 6.22. The van der Waals surface area contributed by atoms with Crippen LogP contribution in [0.2, 0.25) is 0 Å². The van der Waals surface area contributed by atoms with Crippen LogP contribution in [0.15, 0.2) is 18.2 Å². The third kappa shape index (κ3) is 3.36. The SMILES string of the molecule is CCCC(C=O)N1C(=O)c2cccc(F)c2C1=O.CNC=O. The van der Waals surface area contributed by atoms with Gasteiger partial charge in [0, 0.05) is 7.05 Å². The summed E-state index contributed by atoms with van der Waals surface area (Å²) in [5.41, 5.74) is -0.201.